The van der Waals surface area contributed by atoms with E-state index in [-0.39, 0.29) is 6.61 Å². The third kappa shape index (κ3) is 2.50. The number of aromatic nitrogens is 2. The van der Waals surface area contributed by atoms with E-state index in [0.29, 0.717) is 6.04 Å². The van der Waals surface area contributed by atoms with Crippen LogP contribution in [0.15, 0.2) is 12.3 Å². The van der Waals surface area contributed by atoms with Crippen LogP contribution < -0.4 is 4.90 Å². The van der Waals surface area contributed by atoms with Gasteiger partial charge in [-0.2, -0.15) is 0 Å². The molecule has 1 aromatic heterocycles. The Labute approximate surface area is 96.3 Å². The summed E-state index contributed by atoms with van der Waals surface area (Å²) in [4.78, 5) is 11.1. The number of hydrogen-bond acceptors (Lipinski definition) is 4. The minimum atomic E-state index is 0.277. The molecule has 1 unspecified atom stereocenters. The topological polar surface area (TPSA) is 49.2 Å². The summed E-state index contributed by atoms with van der Waals surface area (Å²) in [5.41, 5.74) is 1.01. The Morgan fingerprint density at radius 3 is 3.19 bits per heavy atom. The number of aliphatic hydroxyl groups excluding tert-OH is 1. The summed E-state index contributed by atoms with van der Waals surface area (Å²) in [5.74, 6) is 0.848. The number of anilines is 1. The van der Waals surface area contributed by atoms with Crippen LogP contribution in [0.2, 0.25) is 0 Å². The van der Waals surface area contributed by atoms with E-state index >= 15 is 0 Å². The van der Waals surface area contributed by atoms with Gasteiger partial charge in [-0.1, -0.05) is 0 Å². The maximum absolute atomic E-state index is 8.88. The fourth-order valence-corrected chi connectivity index (χ4v) is 2.30. The Kier molecular flexibility index (Phi) is 3.72. The molecule has 0 aliphatic carbocycles. The first-order valence-corrected chi connectivity index (χ1v) is 5.98. The van der Waals surface area contributed by atoms with Crippen molar-refractivity contribution in [3.8, 4) is 0 Å². The van der Waals surface area contributed by atoms with Crippen molar-refractivity contribution in [2.75, 3.05) is 18.1 Å². The van der Waals surface area contributed by atoms with Gasteiger partial charge < -0.3 is 10.0 Å². The Bertz CT molecular complexity index is 343. The SMILES string of the molecule is Cc1ccnc(N2CCCC2CCCO)n1. The van der Waals surface area contributed by atoms with Gasteiger partial charge in [-0.3, -0.25) is 0 Å². The van der Waals surface area contributed by atoms with Crippen molar-refractivity contribution in [1.29, 1.82) is 0 Å². The van der Waals surface area contributed by atoms with E-state index in [2.05, 4.69) is 14.9 Å². The van der Waals surface area contributed by atoms with E-state index < -0.39 is 0 Å². The third-order valence-corrected chi connectivity index (χ3v) is 3.11. The van der Waals surface area contributed by atoms with Gasteiger partial charge in [-0.25, -0.2) is 9.97 Å². The van der Waals surface area contributed by atoms with Crippen molar-refractivity contribution in [3.05, 3.63) is 18.0 Å². The molecule has 0 bridgehead atoms. The molecule has 4 heteroatoms. The molecule has 1 N–H and O–H groups in total. The molecule has 1 aromatic rings. The second-order valence-corrected chi connectivity index (χ2v) is 4.35. The smallest absolute Gasteiger partial charge is 0.225 e. The Morgan fingerprint density at radius 1 is 1.56 bits per heavy atom. The minimum absolute atomic E-state index is 0.277. The van der Waals surface area contributed by atoms with Crippen molar-refractivity contribution in [1.82, 2.24) is 9.97 Å². The fourth-order valence-electron chi connectivity index (χ4n) is 2.30. The van der Waals surface area contributed by atoms with Crippen molar-refractivity contribution >= 4 is 5.95 Å². The van der Waals surface area contributed by atoms with Crippen LogP contribution in [0.25, 0.3) is 0 Å². The monoisotopic (exact) mass is 221 g/mol. The largest absolute Gasteiger partial charge is 0.396 e. The van der Waals surface area contributed by atoms with Crippen LogP contribution >= 0.6 is 0 Å². The maximum atomic E-state index is 8.88. The minimum Gasteiger partial charge on any atom is -0.396 e. The highest BCUT2D eigenvalue weighted by Crippen LogP contribution is 2.25. The molecule has 0 saturated carbocycles. The van der Waals surface area contributed by atoms with Crippen molar-refractivity contribution in [2.24, 2.45) is 0 Å². The summed E-state index contributed by atoms with van der Waals surface area (Å²) in [6, 6.07) is 2.43. The first-order chi connectivity index (χ1) is 7.81. The van der Waals surface area contributed by atoms with Gasteiger partial charge in [0.2, 0.25) is 5.95 Å². The fraction of sp³-hybridized carbons (Fsp3) is 0.667. The normalized spacial score (nSPS) is 20.4. The number of hydrogen-bond donors (Lipinski definition) is 1. The average Bonchev–Trinajstić information content (AvgIpc) is 2.74. The van der Waals surface area contributed by atoms with E-state index in [9.17, 15) is 0 Å². The summed E-state index contributed by atoms with van der Waals surface area (Å²) in [6.07, 6.45) is 6.12. The number of aliphatic hydroxyl groups is 1. The molecule has 16 heavy (non-hydrogen) atoms. The number of nitrogens with zero attached hydrogens (tertiary/aromatic N) is 3. The van der Waals surface area contributed by atoms with Gasteiger partial charge in [0, 0.05) is 31.1 Å². The standard InChI is InChI=1S/C12H19N3O/c1-10-6-7-13-12(14-10)15-8-2-4-11(15)5-3-9-16/h6-7,11,16H,2-5,8-9H2,1H3. The van der Waals surface area contributed by atoms with E-state index in [1.165, 1.54) is 12.8 Å². The molecule has 0 radical (unpaired) electrons. The zero-order chi connectivity index (χ0) is 11.4. The molecule has 88 valence electrons. The molecule has 0 amide bonds. The molecule has 4 nitrogen and oxygen atoms in total. The van der Waals surface area contributed by atoms with Crippen molar-refractivity contribution < 1.29 is 5.11 Å². The first-order valence-electron chi connectivity index (χ1n) is 5.98. The van der Waals surface area contributed by atoms with Crippen LogP contribution in [0.1, 0.15) is 31.4 Å². The van der Waals surface area contributed by atoms with E-state index in [1.807, 2.05) is 19.2 Å². The highest BCUT2D eigenvalue weighted by atomic mass is 16.2. The Hall–Kier alpha value is -1.16. The molecule has 1 fully saturated rings. The summed E-state index contributed by atoms with van der Waals surface area (Å²) in [7, 11) is 0. The molecular formula is C12H19N3O. The predicted octanol–water partition coefficient (Wildman–Crippen LogP) is 1.53. The van der Waals surface area contributed by atoms with Crippen LogP contribution in [0, 0.1) is 6.92 Å². The third-order valence-electron chi connectivity index (χ3n) is 3.11. The van der Waals surface area contributed by atoms with Crippen LogP contribution in [0.5, 0.6) is 0 Å². The van der Waals surface area contributed by atoms with Gasteiger partial charge in [0.1, 0.15) is 0 Å². The summed E-state index contributed by atoms with van der Waals surface area (Å²) < 4.78 is 0. The first kappa shape index (κ1) is 11.3. The van der Waals surface area contributed by atoms with Crippen LogP contribution in [0.4, 0.5) is 5.95 Å². The van der Waals surface area contributed by atoms with Gasteiger partial charge in [0.25, 0.3) is 0 Å². The maximum Gasteiger partial charge on any atom is 0.225 e. The molecule has 1 aliphatic heterocycles. The molecule has 0 spiro atoms. The molecule has 1 aliphatic rings. The van der Waals surface area contributed by atoms with E-state index in [0.717, 1.165) is 31.0 Å². The Balaban J connectivity index is 2.07. The van der Waals surface area contributed by atoms with Crippen LogP contribution in [-0.2, 0) is 0 Å². The van der Waals surface area contributed by atoms with Crippen molar-refractivity contribution in [2.45, 2.75) is 38.6 Å². The van der Waals surface area contributed by atoms with Crippen molar-refractivity contribution in [3.63, 3.8) is 0 Å². The lowest BCUT2D eigenvalue weighted by Gasteiger charge is -2.24. The second-order valence-electron chi connectivity index (χ2n) is 4.35. The molecule has 2 heterocycles. The lowest BCUT2D eigenvalue weighted by atomic mass is 10.1. The molecule has 2 rings (SSSR count). The summed E-state index contributed by atoms with van der Waals surface area (Å²) in [5, 5.41) is 8.88. The lowest BCUT2D eigenvalue weighted by Crippen LogP contribution is -2.31. The zero-order valence-corrected chi connectivity index (χ0v) is 9.76. The quantitative estimate of drug-likeness (QED) is 0.837. The number of rotatable bonds is 4. The van der Waals surface area contributed by atoms with Crippen LogP contribution in [0.3, 0.4) is 0 Å². The van der Waals surface area contributed by atoms with E-state index in [1.54, 1.807) is 0 Å². The van der Waals surface area contributed by atoms with E-state index in [4.69, 9.17) is 5.11 Å². The van der Waals surface area contributed by atoms with Crippen LogP contribution in [-0.4, -0.2) is 34.3 Å². The molecule has 1 atom stereocenters. The summed E-state index contributed by atoms with van der Waals surface area (Å²) >= 11 is 0. The second kappa shape index (κ2) is 5.25. The molecular weight excluding hydrogens is 202 g/mol. The van der Waals surface area contributed by atoms with Gasteiger partial charge in [0.15, 0.2) is 0 Å². The lowest BCUT2D eigenvalue weighted by molar-refractivity contribution is 0.279. The van der Waals surface area contributed by atoms with Gasteiger partial charge >= 0.3 is 0 Å². The molecule has 0 aromatic carbocycles. The highest BCUT2D eigenvalue weighted by molar-refractivity contribution is 5.33. The predicted molar refractivity (Wildman–Crippen MR) is 63.5 cm³/mol. The highest BCUT2D eigenvalue weighted by Gasteiger charge is 2.25. The van der Waals surface area contributed by atoms with Gasteiger partial charge in [0.05, 0.1) is 0 Å². The average molecular weight is 221 g/mol. The summed E-state index contributed by atoms with van der Waals surface area (Å²) in [6.45, 7) is 3.31. The number of aryl methyl sites for hydroxylation is 1. The Morgan fingerprint density at radius 2 is 2.44 bits per heavy atom. The molecule has 1 saturated heterocycles. The van der Waals surface area contributed by atoms with Gasteiger partial charge in [-0.05, 0) is 38.7 Å². The van der Waals surface area contributed by atoms with Gasteiger partial charge in [-0.15, -0.1) is 0 Å². The zero-order valence-electron chi connectivity index (χ0n) is 9.76.